The SMILES string of the molecule is COc1ccc(C(F)(F)F)cc1-c1cnc(N=CN)cc1C(O)Nc1nnc(C#CC2CC2)s1. The molecule has 1 saturated carbocycles. The number of nitrogens with zero attached hydrogens (tertiary/aromatic N) is 4. The third kappa shape index (κ3) is 5.44. The summed E-state index contributed by atoms with van der Waals surface area (Å²) in [4.78, 5) is 8.01. The molecular weight excluding hydrogens is 469 g/mol. The van der Waals surface area contributed by atoms with Crippen LogP contribution < -0.4 is 15.8 Å². The lowest BCUT2D eigenvalue weighted by Crippen LogP contribution is -2.12. The summed E-state index contributed by atoms with van der Waals surface area (Å²) in [5, 5.41) is 22.5. The van der Waals surface area contributed by atoms with Crippen LogP contribution >= 0.6 is 11.3 Å². The lowest BCUT2D eigenvalue weighted by atomic mass is 9.97. The lowest BCUT2D eigenvalue weighted by molar-refractivity contribution is -0.137. The molecule has 0 amide bonds. The van der Waals surface area contributed by atoms with Gasteiger partial charge >= 0.3 is 6.18 Å². The van der Waals surface area contributed by atoms with Crippen LogP contribution in [0.3, 0.4) is 0 Å². The number of hydrogen-bond donors (Lipinski definition) is 3. The molecule has 12 heteroatoms. The maximum atomic E-state index is 13.4. The van der Waals surface area contributed by atoms with Crippen LogP contribution in [0.25, 0.3) is 11.1 Å². The first-order valence-electron chi connectivity index (χ1n) is 10.1. The van der Waals surface area contributed by atoms with Gasteiger partial charge in [-0.3, -0.25) is 0 Å². The topological polar surface area (TPSA) is 119 Å². The lowest BCUT2D eigenvalue weighted by Gasteiger charge is -2.19. The van der Waals surface area contributed by atoms with Crippen molar-refractivity contribution in [1.82, 2.24) is 15.2 Å². The molecule has 34 heavy (non-hydrogen) atoms. The van der Waals surface area contributed by atoms with Gasteiger partial charge in [-0.15, -0.1) is 10.2 Å². The van der Waals surface area contributed by atoms with E-state index in [-0.39, 0.29) is 33.4 Å². The number of halogens is 3. The molecule has 1 atom stereocenters. The first-order chi connectivity index (χ1) is 16.3. The van der Waals surface area contributed by atoms with Gasteiger partial charge < -0.3 is 20.9 Å². The first-order valence-corrected chi connectivity index (χ1v) is 10.9. The van der Waals surface area contributed by atoms with Crippen molar-refractivity contribution in [3.63, 3.8) is 0 Å². The van der Waals surface area contributed by atoms with Crippen LogP contribution in [0, 0.1) is 17.8 Å². The van der Waals surface area contributed by atoms with E-state index in [1.165, 1.54) is 25.4 Å². The van der Waals surface area contributed by atoms with Crippen LogP contribution in [-0.2, 0) is 6.18 Å². The van der Waals surface area contributed by atoms with E-state index in [1.807, 2.05) is 0 Å². The summed E-state index contributed by atoms with van der Waals surface area (Å²) in [5.41, 5.74) is 4.96. The van der Waals surface area contributed by atoms with Crippen molar-refractivity contribution < 1.29 is 23.0 Å². The van der Waals surface area contributed by atoms with Crippen LogP contribution in [0.5, 0.6) is 5.75 Å². The van der Waals surface area contributed by atoms with Crippen molar-refractivity contribution in [3.8, 4) is 28.7 Å². The molecule has 4 N–H and O–H groups in total. The molecule has 1 aliphatic carbocycles. The van der Waals surface area contributed by atoms with Gasteiger partial charge in [-0.05, 0) is 43.0 Å². The fourth-order valence-corrected chi connectivity index (χ4v) is 3.70. The molecule has 2 heterocycles. The van der Waals surface area contributed by atoms with Gasteiger partial charge in [-0.1, -0.05) is 17.3 Å². The Morgan fingerprint density at radius 1 is 1.29 bits per heavy atom. The molecule has 0 spiro atoms. The molecule has 1 unspecified atom stereocenters. The monoisotopic (exact) mass is 488 g/mol. The molecule has 0 radical (unpaired) electrons. The largest absolute Gasteiger partial charge is 0.496 e. The Bertz CT molecular complexity index is 1280. The highest BCUT2D eigenvalue weighted by molar-refractivity contribution is 7.15. The summed E-state index contributed by atoms with van der Waals surface area (Å²) in [5.74, 6) is 6.75. The molecule has 4 rings (SSSR count). The summed E-state index contributed by atoms with van der Waals surface area (Å²) in [7, 11) is 1.34. The van der Waals surface area contributed by atoms with Crippen molar-refractivity contribution >= 4 is 28.6 Å². The second-order valence-corrected chi connectivity index (χ2v) is 8.30. The van der Waals surface area contributed by atoms with Gasteiger partial charge in [0.15, 0.2) is 17.1 Å². The fourth-order valence-electron chi connectivity index (χ4n) is 3.07. The molecule has 2 aromatic heterocycles. The van der Waals surface area contributed by atoms with E-state index >= 15 is 0 Å². The molecular formula is C22H19F3N6O2S. The number of rotatable bonds is 6. The normalized spacial score (nSPS) is 14.5. The molecule has 1 fully saturated rings. The van der Waals surface area contributed by atoms with Gasteiger partial charge in [0, 0.05) is 28.8 Å². The first kappa shape index (κ1) is 23.5. The third-order valence-corrected chi connectivity index (χ3v) is 5.66. The zero-order valence-corrected chi connectivity index (χ0v) is 18.6. The molecule has 8 nitrogen and oxygen atoms in total. The predicted octanol–water partition coefficient (Wildman–Crippen LogP) is 4.11. The summed E-state index contributed by atoms with van der Waals surface area (Å²) >= 11 is 1.15. The molecule has 0 aliphatic heterocycles. The van der Waals surface area contributed by atoms with E-state index in [0.29, 0.717) is 10.9 Å². The number of alkyl halides is 3. The number of hydrogen-bond acceptors (Lipinski definition) is 8. The van der Waals surface area contributed by atoms with Crippen LogP contribution in [-0.4, -0.2) is 33.7 Å². The molecule has 3 aromatic rings. The highest BCUT2D eigenvalue weighted by Gasteiger charge is 2.32. The molecule has 1 aromatic carbocycles. The van der Waals surface area contributed by atoms with Crippen LogP contribution in [0.2, 0.25) is 0 Å². The number of nitrogens with one attached hydrogen (secondary N) is 1. The van der Waals surface area contributed by atoms with E-state index in [4.69, 9.17) is 10.5 Å². The molecule has 1 aliphatic rings. The Balaban J connectivity index is 1.72. The van der Waals surface area contributed by atoms with E-state index in [1.54, 1.807) is 0 Å². The maximum Gasteiger partial charge on any atom is 0.416 e. The smallest absolute Gasteiger partial charge is 0.416 e. The van der Waals surface area contributed by atoms with E-state index in [9.17, 15) is 18.3 Å². The number of anilines is 1. The number of aliphatic imine (C=N–C) groups is 1. The minimum atomic E-state index is -4.57. The number of pyridine rings is 1. The van der Waals surface area contributed by atoms with Crippen molar-refractivity contribution in [3.05, 3.63) is 46.6 Å². The molecule has 0 bridgehead atoms. The van der Waals surface area contributed by atoms with Crippen molar-refractivity contribution in [2.45, 2.75) is 25.2 Å². The molecule has 176 valence electrons. The number of aliphatic hydroxyl groups excluding tert-OH is 1. The summed E-state index contributed by atoms with van der Waals surface area (Å²) in [6, 6.07) is 4.48. The summed E-state index contributed by atoms with van der Waals surface area (Å²) in [6.45, 7) is 0. The summed E-state index contributed by atoms with van der Waals surface area (Å²) < 4.78 is 45.4. The van der Waals surface area contributed by atoms with Gasteiger partial charge in [0.2, 0.25) is 5.13 Å². The quantitative estimate of drug-likeness (QED) is 0.207. The Hall–Kier alpha value is -3.69. The van der Waals surface area contributed by atoms with Crippen molar-refractivity contribution in [1.29, 1.82) is 0 Å². The maximum absolute atomic E-state index is 13.4. The number of aliphatic hydroxyl groups is 1. The van der Waals surface area contributed by atoms with Crippen molar-refractivity contribution in [2.24, 2.45) is 16.6 Å². The Morgan fingerprint density at radius 3 is 2.76 bits per heavy atom. The van der Waals surface area contributed by atoms with E-state index < -0.39 is 18.0 Å². The Labute approximate surface area is 196 Å². The Kier molecular flexibility index (Phi) is 6.67. The highest BCUT2D eigenvalue weighted by atomic mass is 32.1. The fraction of sp³-hybridized carbons (Fsp3) is 0.273. The predicted molar refractivity (Wildman–Crippen MR) is 122 cm³/mol. The zero-order valence-electron chi connectivity index (χ0n) is 17.8. The second kappa shape index (κ2) is 9.66. The summed E-state index contributed by atoms with van der Waals surface area (Å²) in [6.07, 6.45) is -1.49. The minimum Gasteiger partial charge on any atom is -0.496 e. The standard InChI is InChI=1S/C22H19F3N6O2S/c1-33-17-6-5-13(22(23,24)25)8-14(17)16-10-27-18(28-11-26)9-15(16)20(32)29-21-31-30-19(34-21)7-4-12-2-3-12/h5-6,8-12,20,32H,2-3H2,1H3,(H,29,31)(H2,26,27,28). The number of methoxy groups -OCH3 is 1. The van der Waals surface area contributed by atoms with Gasteiger partial charge in [0.1, 0.15) is 5.75 Å². The minimum absolute atomic E-state index is 0.0946. The average molecular weight is 488 g/mol. The van der Waals surface area contributed by atoms with Crippen LogP contribution in [0.4, 0.5) is 24.1 Å². The number of aromatic nitrogens is 3. The van der Waals surface area contributed by atoms with Crippen molar-refractivity contribution in [2.75, 3.05) is 12.4 Å². The van der Waals surface area contributed by atoms with E-state index in [2.05, 4.69) is 37.3 Å². The molecule has 0 saturated heterocycles. The Morgan fingerprint density at radius 2 is 2.09 bits per heavy atom. The van der Waals surface area contributed by atoms with Gasteiger partial charge in [0.05, 0.1) is 19.0 Å². The number of benzene rings is 1. The number of nitrogens with two attached hydrogens (primary N) is 1. The van der Waals surface area contributed by atoms with Crippen LogP contribution in [0.15, 0.2) is 35.5 Å². The van der Waals surface area contributed by atoms with Gasteiger partial charge in [-0.2, -0.15) is 13.2 Å². The van der Waals surface area contributed by atoms with Gasteiger partial charge in [0.25, 0.3) is 0 Å². The average Bonchev–Trinajstić information content (AvgIpc) is 3.54. The number of ether oxygens (including phenoxy) is 1. The third-order valence-electron chi connectivity index (χ3n) is 4.89. The van der Waals surface area contributed by atoms with Gasteiger partial charge in [-0.25, -0.2) is 9.98 Å². The second-order valence-electron chi connectivity index (χ2n) is 7.32. The zero-order chi connectivity index (χ0) is 24.3. The van der Waals surface area contributed by atoms with Crippen LogP contribution in [0.1, 0.15) is 35.2 Å². The van der Waals surface area contributed by atoms with E-state index in [0.717, 1.165) is 42.6 Å². The highest BCUT2D eigenvalue weighted by Crippen LogP contribution is 2.40.